The zero-order valence-corrected chi connectivity index (χ0v) is 12.7. The molecule has 0 heterocycles. The summed E-state index contributed by atoms with van der Waals surface area (Å²) >= 11 is 11.4. The monoisotopic (exact) mass is 333 g/mol. The van der Waals surface area contributed by atoms with E-state index >= 15 is 0 Å². The Hall–Kier alpha value is -1.30. The number of hydrogen-bond donors (Lipinski definition) is 1. The van der Waals surface area contributed by atoms with Crippen LogP contribution in [0.15, 0.2) is 41.3 Å². The third-order valence-electron chi connectivity index (χ3n) is 2.63. The second-order valence-electron chi connectivity index (χ2n) is 4.14. The van der Waals surface area contributed by atoms with E-state index in [-0.39, 0.29) is 5.02 Å². The molecule has 0 fully saturated rings. The van der Waals surface area contributed by atoms with Crippen LogP contribution in [0.25, 0.3) is 0 Å². The number of sulfonamides is 1. The van der Waals surface area contributed by atoms with E-state index < -0.39 is 20.7 Å². The van der Waals surface area contributed by atoms with Gasteiger partial charge in [0.05, 0.1) is 5.69 Å². The Labute approximate surface area is 126 Å². The molecule has 3 nitrogen and oxygen atoms in total. The molecule has 0 aliphatic carbocycles. The number of nitrogens with one attached hydrogen (secondary N) is 1. The molecule has 0 radical (unpaired) electrons. The van der Waals surface area contributed by atoms with Gasteiger partial charge in [-0.2, -0.15) is 0 Å². The molecule has 7 heteroatoms. The van der Waals surface area contributed by atoms with Crippen LogP contribution in [-0.2, 0) is 10.0 Å². The first kappa shape index (κ1) is 15.1. The average molecular weight is 334 g/mol. The van der Waals surface area contributed by atoms with Gasteiger partial charge >= 0.3 is 0 Å². The minimum Gasteiger partial charge on any atom is -0.279 e. The molecular formula is C13H10Cl2FNO2S. The molecule has 0 saturated heterocycles. The van der Waals surface area contributed by atoms with Crippen LogP contribution in [0.5, 0.6) is 0 Å². The van der Waals surface area contributed by atoms with E-state index in [4.69, 9.17) is 23.2 Å². The summed E-state index contributed by atoms with van der Waals surface area (Å²) in [5, 5.41) is 0.505. The molecule has 0 aliphatic heterocycles. The summed E-state index contributed by atoms with van der Waals surface area (Å²) in [5.74, 6) is -0.912. The molecule has 2 aromatic rings. The van der Waals surface area contributed by atoms with Crippen molar-refractivity contribution < 1.29 is 12.8 Å². The Morgan fingerprint density at radius 2 is 1.65 bits per heavy atom. The van der Waals surface area contributed by atoms with Gasteiger partial charge in [-0.05, 0) is 42.8 Å². The first-order valence-corrected chi connectivity index (χ1v) is 7.77. The fourth-order valence-corrected chi connectivity index (χ4v) is 3.11. The molecule has 0 amide bonds. The second-order valence-corrected chi connectivity index (χ2v) is 6.66. The quantitative estimate of drug-likeness (QED) is 0.912. The van der Waals surface area contributed by atoms with Crippen molar-refractivity contribution in [2.45, 2.75) is 11.8 Å². The summed E-state index contributed by atoms with van der Waals surface area (Å²) in [4.78, 5) is -0.471. The Morgan fingerprint density at radius 3 is 2.30 bits per heavy atom. The highest BCUT2D eigenvalue weighted by Crippen LogP contribution is 2.25. The maximum absolute atomic E-state index is 13.7. The van der Waals surface area contributed by atoms with Gasteiger partial charge in [0.2, 0.25) is 0 Å². The topological polar surface area (TPSA) is 46.2 Å². The predicted octanol–water partition coefficient (Wildman–Crippen LogP) is 4.24. The third kappa shape index (κ3) is 3.23. The largest absolute Gasteiger partial charge is 0.279 e. The van der Waals surface area contributed by atoms with Gasteiger partial charge in [-0.25, -0.2) is 12.8 Å². The standard InChI is InChI=1S/C13H10Cl2FNO2S/c1-8-2-3-10(15)7-12(8)17-20(18,19)13-5-4-9(14)6-11(13)16/h2-7,17H,1H3. The van der Waals surface area contributed by atoms with Gasteiger partial charge in [-0.1, -0.05) is 29.3 Å². The highest BCUT2D eigenvalue weighted by Gasteiger charge is 2.20. The van der Waals surface area contributed by atoms with Crippen molar-refractivity contribution in [2.24, 2.45) is 0 Å². The molecule has 0 saturated carbocycles. The van der Waals surface area contributed by atoms with Crippen LogP contribution in [0, 0.1) is 12.7 Å². The number of halogens is 3. The lowest BCUT2D eigenvalue weighted by atomic mass is 10.2. The van der Waals surface area contributed by atoms with Crippen LogP contribution >= 0.6 is 23.2 Å². The van der Waals surface area contributed by atoms with Crippen molar-refractivity contribution >= 4 is 38.9 Å². The lowest BCUT2D eigenvalue weighted by Crippen LogP contribution is -2.15. The van der Waals surface area contributed by atoms with Gasteiger partial charge in [0.15, 0.2) is 0 Å². The summed E-state index contributed by atoms with van der Waals surface area (Å²) in [6.45, 7) is 1.71. The van der Waals surface area contributed by atoms with Gasteiger partial charge in [-0.15, -0.1) is 0 Å². The van der Waals surface area contributed by atoms with Gasteiger partial charge < -0.3 is 0 Å². The van der Waals surface area contributed by atoms with Crippen molar-refractivity contribution in [3.8, 4) is 0 Å². The minimum atomic E-state index is -4.04. The number of benzene rings is 2. The van der Waals surface area contributed by atoms with E-state index in [9.17, 15) is 12.8 Å². The predicted molar refractivity (Wildman–Crippen MR) is 78.4 cm³/mol. The summed E-state index contributed by atoms with van der Waals surface area (Å²) < 4.78 is 40.3. The second kappa shape index (κ2) is 5.60. The minimum absolute atomic E-state index is 0.125. The Kier molecular flexibility index (Phi) is 4.22. The molecule has 1 N–H and O–H groups in total. The van der Waals surface area contributed by atoms with Crippen molar-refractivity contribution in [1.29, 1.82) is 0 Å². The molecule has 0 aromatic heterocycles. The maximum Gasteiger partial charge on any atom is 0.264 e. The maximum atomic E-state index is 13.7. The van der Waals surface area contributed by atoms with Gasteiger partial charge in [0.1, 0.15) is 10.7 Å². The SMILES string of the molecule is Cc1ccc(Cl)cc1NS(=O)(=O)c1ccc(Cl)cc1F. The van der Waals surface area contributed by atoms with E-state index in [1.54, 1.807) is 19.1 Å². The van der Waals surface area contributed by atoms with Gasteiger partial charge in [0, 0.05) is 10.0 Å². The lowest BCUT2D eigenvalue weighted by molar-refractivity contribution is 0.570. The van der Waals surface area contributed by atoms with Crippen LogP contribution in [0.3, 0.4) is 0 Å². The lowest BCUT2D eigenvalue weighted by Gasteiger charge is -2.11. The van der Waals surface area contributed by atoms with E-state index in [1.807, 2.05) is 0 Å². The molecule has 20 heavy (non-hydrogen) atoms. The first-order valence-electron chi connectivity index (χ1n) is 5.53. The van der Waals surface area contributed by atoms with Crippen LogP contribution in [0.1, 0.15) is 5.56 Å². The molecule has 0 atom stereocenters. The highest BCUT2D eigenvalue weighted by atomic mass is 35.5. The summed E-state index contributed by atoms with van der Waals surface area (Å²) in [5.41, 5.74) is 0.971. The summed E-state index contributed by atoms with van der Waals surface area (Å²) in [7, 11) is -4.04. The molecule has 0 unspecified atom stereocenters. The Morgan fingerprint density at radius 1 is 1.05 bits per heavy atom. The van der Waals surface area contributed by atoms with Crippen molar-refractivity contribution in [2.75, 3.05) is 4.72 Å². The van der Waals surface area contributed by atoms with Gasteiger partial charge in [-0.3, -0.25) is 4.72 Å². The molecule has 106 valence electrons. The van der Waals surface area contributed by atoms with E-state index in [1.165, 1.54) is 12.1 Å². The van der Waals surface area contributed by atoms with E-state index in [2.05, 4.69) is 4.72 Å². The van der Waals surface area contributed by atoms with Crippen LogP contribution in [0.4, 0.5) is 10.1 Å². The molecule has 2 aromatic carbocycles. The molecule has 0 bridgehead atoms. The molecule has 2 rings (SSSR count). The zero-order chi connectivity index (χ0) is 14.9. The van der Waals surface area contributed by atoms with Crippen molar-refractivity contribution in [3.05, 3.63) is 57.8 Å². The third-order valence-corrected chi connectivity index (χ3v) is 4.50. The fraction of sp³-hybridized carbons (Fsp3) is 0.0769. The smallest absolute Gasteiger partial charge is 0.264 e. The van der Waals surface area contributed by atoms with Crippen molar-refractivity contribution in [1.82, 2.24) is 0 Å². The zero-order valence-electron chi connectivity index (χ0n) is 10.3. The van der Waals surface area contributed by atoms with E-state index in [0.717, 1.165) is 12.1 Å². The summed E-state index contributed by atoms with van der Waals surface area (Å²) in [6.07, 6.45) is 0. The highest BCUT2D eigenvalue weighted by molar-refractivity contribution is 7.92. The fourth-order valence-electron chi connectivity index (χ4n) is 1.60. The number of rotatable bonds is 3. The van der Waals surface area contributed by atoms with E-state index in [0.29, 0.717) is 16.3 Å². The number of hydrogen-bond acceptors (Lipinski definition) is 2. The van der Waals surface area contributed by atoms with Gasteiger partial charge in [0.25, 0.3) is 10.0 Å². The van der Waals surface area contributed by atoms with Crippen molar-refractivity contribution in [3.63, 3.8) is 0 Å². The number of aryl methyl sites for hydroxylation is 1. The normalized spacial score (nSPS) is 11.4. The van der Waals surface area contributed by atoms with Crippen LogP contribution < -0.4 is 4.72 Å². The molecule has 0 spiro atoms. The Bertz CT molecular complexity index is 763. The van der Waals surface area contributed by atoms with Crippen LogP contribution in [0.2, 0.25) is 10.0 Å². The first-order chi connectivity index (χ1) is 9.29. The average Bonchev–Trinajstić information content (AvgIpc) is 2.33. The number of anilines is 1. The molecular weight excluding hydrogens is 324 g/mol. The Balaban J connectivity index is 2.43. The van der Waals surface area contributed by atoms with Crippen LogP contribution in [-0.4, -0.2) is 8.42 Å². The molecule has 0 aliphatic rings. The summed E-state index contributed by atoms with van der Waals surface area (Å²) in [6, 6.07) is 8.13.